The lowest BCUT2D eigenvalue weighted by Crippen LogP contribution is -2.09. The molecule has 6 nitrogen and oxygen atoms in total. The van der Waals surface area contributed by atoms with Crippen LogP contribution in [0.1, 0.15) is 5.56 Å². The van der Waals surface area contributed by atoms with Gasteiger partial charge in [-0.05, 0) is 36.8 Å². The highest BCUT2D eigenvalue weighted by Gasteiger charge is 2.19. The summed E-state index contributed by atoms with van der Waals surface area (Å²) in [4.78, 5) is 13.2. The van der Waals surface area contributed by atoms with E-state index in [9.17, 15) is 0 Å². The van der Waals surface area contributed by atoms with Gasteiger partial charge in [-0.2, -0.15) is 5.10 Å². The maximum Gasteiger partial charge on any atom is 0.248 e. The Labute approximate surface area is 169 Å². The third-order valence-corrected chi connectivity index (χ3v) is 4.64. The average molecular weight is 421 g/mol. The van der Waals surface area contributed by atoms with Crippen LogP contribution in [0, 0.1) is 6.92 Å². The van der Waals surface area contributed by atoms with Crippen molar-refractivity contribution in [3.05, 3.63) is 62.8 Å². The Morgan fingerprint density at radius 2 is 1.96 bits per heavy atom. The Bertz CT molecular complexity index is 1250. The predicted octanol–water partition coefficient (Wildman–Crippen LogP) is 4.87. The second-order valence-electron chi connectivity index (χ2n) is 5.74. The van der Waals surface area contributed by atoms with Crippen molar-refractivity contribution in [2.24, 2.45) is 4.99 Å². The molecule has 0 radical (unpaired) electrons. The molecule has 3 heterocycles. The topological polar surface area (TPSA) is 69.1 Å². The number of aryl methyl sites for hydroxylation is 1. The number of fused-ring (bicyclic) bond motifs is 1. The summed E-state index contributed by atoms with van der Waals surface area (Å²) in [5.74, 6) is 0.704. The molecule has 0 atom stereocenters. The van der Waals surface area contributed by atoms with Crippen LogP contribution in [0.5, 0.6) is 0 Å². The largest absolute Gasteiger partial charge is 0.418 e. The van der Waals surface area contributed by atoms with Crippen molar-refractivity contribution in [2.75, 3.05) is 7.05 Å². The lowest BCUT2D eigenvalue weighted by atomic mass is 10.1. The smallest absolute Gasteiger partial charge is 0.248 e. The molecule has 0 amide bonds. The number of halogens is 3. The molecular weight excluding hydrogens is 409 g/mol. The zero-order valence-electron chi connectivity index (χ0n) is 14.2. The van der Waals surface area contributed by atoms with Gasteiger partial charge in [-0.15, -0.1) is 0 Å². The van der Waals surface area contributed by atoms with Crippen molar-refractivity contribution in [3.8, 4) is 17.4 Å². The zero-order chi connectivity index (χ0) is 19.1. The summed E-state index contributed by atoms with van der Waals surface area (Å²) in [6, 6.07) is 8.69. The number of hydrogen-bond donors (Lipinski definition) is 0. The van der Waals surface area contributed by atoms with Crippen LogP contribution in [0.4, 0.5) is 0 Å². The van der Waals surface area contributed by atoms with Crippen LogP contribution in [0.3, 0.4) is 0 Å². The number of benzene rings is 1. The minimum Gasteiger partial charge on any atom is -0.418 e. The Hall–Kier alpha value is -2.41. The number of rotatable bonds is 2. The fourth-order valence-electron chi connectivity index (χ4n) is 2.79. The van der Waals surface area contributed by atoms with Crippen LogP contribution in [-0.2, 0) is 0 Å². The van der Waals surface area contributed by atoms with Crippen LogP contribution >= 0.6 is 34.8 Å². The number of hydrogen-bond acceptors (Lipinski definition) is 5. The minimum absolute atomic E-state index is 0.256. The van der Waals surface area contributed by atoms with E-state index in [1.165, 1.54) is 4.68 Å². The molecule has 4 rings (SSSR count). The van der Waals surface area contributed by atoms with E-state index in [1.807, 2.05) is 13.0 Å². The summed E-state index contributed by atoms with van der Waals surface area (Å²) >= 11 is 18.6. The zero-order valence-corrected chi connectivity index (χ0v) is 16.5. The fraction of sp³-hybridized carbons (Fsp3) is 0.111. The highest BCUT2D eigenvalue weighted by molar-refractivity contribution is 6.32. The van der Waals surface area contributed by atoms with Crippen molar-refractivity contribution < 1.29 is 4.42 Å². The van der Waals surface area contributed by atoms with Crippen LogP contribution < -0.4 is 5.55 Å². The third-order valence-electron chi connectivity index (χ3n) is 3.94. The van der Waals surface area contributed by atoms with E-state index < -0.39 is 0 Å². The summed E-state index contributed by atoms with van der Waals surface area (Å²) in [6.45, 7) is 1.92. The van der Waals surface area contributed by atoms with Crippen LogP contribution in [0.25, 0.3) is 28.3 Å². The number of aromatic nitrogens is 4. The van der Waals surface area contributed by atoms with Gasteiger partial charge in [0.05, 0.1) is 15.9 Å². The molecule has 0 aliphatic heterocycles. The molecule has 0 saturated carbocycles. The maximum atomic E-state index is 6.27. The third kappa shape index (κ3) is 3.20. The van der Waals surface area contributed by atoms with Gasteiger partial charge in [-0.25, -0.2) is 14.6 Å². The van der Waals surface area contributed by atoms with Crippen molar-refractivity contribution in [3.63, 3.8) is 0 Å². The molecule has 0 aliphatic rings. The highest BCUT2D eigenvalue weighted by Crippen LogP contribution is 2.28. The molecule has 0 aliphatic carbocycles. The Balaban J connectivity index is 2.04. The SMILES string of the molecule is CN=c1oc(-c2cc(Cl)nn2-c2ncccc2Cl)nc2c(C)cc(Cl)cc12. The molecule has 1 aromatic carbocycles. The standard InChI is InChI=1S/C18H12Cl3N5O/c1-9-6-10(19)7-11-15(9)24-18(27-17(11)22-2)13-8-14(21)25-26(13)16-12(20)4-3-5-23-16/h3-8H,1-2H3. The fourth-order valence-corrected chi connectivity index (χ4v) is 3.45. The Morgan fingerprint density at radius 3 is 2.70 bits per heavy atom. The van der Waals surface area contributed by atoms with E-state index in [0.717, 1.165) is 16.5 Å². The number of nitrogens with zero attached hydrogens (tertiary/aromatic N) is 5. The lowest BCUT2D eigenvalue weighted by Gasteiger charge is -2.09. The van der Waals surface area contributed by atoms with Crippen LogP contribution in [0.2, 0.25) is 15.2 Å². The van der Waals surface area contributed by atoms with Gasteiger partial charge in [0.1, 0.15) is 5.69 Å². The van der Waals surface area contributed by atoms with Gasteiger partial charge in [0.2, 0.25) is 11.4 Å². The van der Waals surface area contributed by atoms with E-state index in [1.54, 1.807) is 37.5 Å². The summed E-state index contributed by atoms with van der Waals surface area (Å²) in [5.41, 5.74) is 2.52. The van der Waals surface area contributed by atoms with Crippen molar-refractivity contribution >= 4 is 45.7 Å². The molecule has 0 bridgehead atoms. The normalized spacial score (nSPS) is 12.1. The Morgan fingerprint density at radius 1 is 1.15 bits per heavy atom. The Kier molecular flexibility index (Phi) is 4.63. The first kappa shape index (κ1) is 18.0. The highest BCUT2D eigenvalue weighted by atomic mass is 35.5. The molecule has 27 heavy (non-hydrogen) atoms. The van der Waals surface area contributed by atoms with Gasteiger partial charge in [0.25, 0.3) is 0 Å². The molecule has 3 aromatic heterocycles. The van der Waals surface area contributed by atoms with E-state index >= 15 is 0 Å². The van der Waals surface area contributed by atoms with Crippen LogP contribution in [-0.4, -0.2) is 26.8 Å². The second kappa shape index (κ2) is 6.96. The van der Waals surface area contributed by atoms with E-state index in [2.05, 4.69) is 20.1 Å². The molecule has 9 heteroatoms. The molecule has 136 valence electrons. The van der Waals surface area contributed by atoms with E-state index in [4.69, 9.17) is 39.2 Å². The predicted molar refractivity (Wildman–Crippen MR) is 106 cm³/mol. The second-order valence-corrected chi connectivity index (χ2v) is 6.97. The summed E-state index contributed by atoms with van der Waals surface area (Å²) in [7, 11) is 1.64. The van der Waals surface area contributed by atoms with Gasteiger partial charge in [-0.3, -0.25) is 4.99 Å². The van der Waals surface area contributed by atoms with Crippen molar-refractivity contribution in [1.29, 1.82) is 0 Å². The summed E-state index contributed by atoms with van der Waals surface area (Å²) in [5, 5.41) is 6.26. The lowest BCUT2D eigenvalue weighted by molar-refractivity contribution is 0.497. The number of pyridine rings is 1. The first-order chi connectivity index (χ1) is 13.0. The average Bonchev–Trinajstić information content (AvgIpc) is 3.03. The van der Waals surface area contributed by atoms with Gasteiger partial charge in [0, 0.05) is 24.3 Å². The molecular formula is C18H12Cl3N5O. The molecule has 0 saturated heterocycles. The van der Waals surface area contributed by atoms with Gasteiger partial charge >= 0.3 is 0 Å². The van der Waals surface area contributed by atoms with E-state index in [0.29, 0.717) is 27.1 Å². The van der Waals surface area contributed by atoms with Gasteiger partial charge < -0.3 is 4.42 Å². The molecule has 0 fully saturated rings. The first-order valence-electron chi connectivity index (χ1n) is 7.88. The van der Waals surface area contributed by atoms with Crippen LogP contribution in [0.15, 0.2) is 45.9 Å². The van der Waals surface area contributed by atoms with Crippen molar-refractivity contribution in [2.45, 2.75) is 6.92 Å². The quantitative estimate of drug-likeness (QED) is 0.464. The van der Waals surface area contributed by atoms with Gasteiger partial charge in [0.15, 0.2) is 11.0 Å². The summed E-state index contributed by atoms with van der Waals surface area (Å²) < 4.78 is 7.42. The molecule has 0 N–H and O–H groups in total. The summed E-state index contributed by atoms with van der Waals surface area (Å²) in [6.07, 6.45) is 1.62. The first-order valence-corrected chi connectivity index (χ1v) is 9.02. The molecule has 0 spiro atoms. The maximum absolute atomic E-state index is 6.27. The molecule has 4 aromatic rings. The minimum atomic E-state index is 0.256. The van der Waals surface area contributed by atoms with Gasteiger partial charge in [-0.1, -0.05) is 34.8 Å². The van der Waals surface area contributed by atoms with E-state index in [-0.39, 0.29) is 11.0 Å². The van der Waals surface area contributed by atoms with Crippen molar-refractivity contribution in [1.82, 2.24) is 19.7 Å². The monoisotopic (exact) mass is 419 g/mol. The molecule has 0 unspecified atom stereocenters.